The van der Waals surface area contributed by atoms with E-state index in [-0.39, 0.29) is 12.0 Å². The summed E-state index contributed by atoms with van der Waals surface area (Å²) in [5.74, 6) is 0.566. The van der Waals surface area contributed by atoms with Crippen molar-refractivity contribution in [1.82, 2.24) is 4.98 Å². The summed E-state index contributed by atoms with van der Waals surface area (Å²) in [5.41, 5.74) is 5.74. The predicted octanol–water partition coefficient (Wildman–Crippen LogP) is 5.79. The molecule has 4 rings (SSSR count). The van der Waals surface area contributed by atoms with E-state index in [0.29, 0.717) is 18.9 Å². The van der Waals surface area contributed by atoms with Gasteiger partial charge in [0, 0.05) is 6.61 Å². The Morgan fingerprint density at radius 1 is 1.20 bits per heavy atom. The number of anilines is 1. The fraction of sp³-hybridized carbons (Fsp3) is 0.440. The highest BCUT2D eigenvalue weighted by Crippen LogP contribution is 2.33. The predicted molar refractivity (Wildman–Crippen MR) is 125 cm³/mol. The molecule has 1 aliphatic rings. The van der Waals surface area contributed by atoms with Gasteiger partial charge in [-0.3, -0.25) is 9.69 Å². The maximum absolute atomic E-state index is 13.4. The molecule has 1 amide bonds. The van der Waals surface area contributed by atoms with E-state index < -0.39 is 0 Å². The molecule has 1 aromatic heterocycles. The Bertz CT molecular complexity index is 1030. The van der Waals surface area contributed by atoms with Gasteiger partial charge in [0.15, 0.2) is 5.13 Å². The van der Waals surface area contributed by atoms with Crippen LogP contribution in [0.3, 0.4) is 0 Å². The van der Waals surface area contributed by atoms with E-state index in [9.17, 15) is 4.79 Å². The number of thiazole rings is 1. The minimum atomic E-state index is 0.0798. The van der Waals surface area contributed by atoms with Crippen LogP contribution in [-0.2, 0) is 16.0 Å². The first-order chi connectivity index (χ1) is 14.4. The maximum Gasteiger partial charge on any atom is 0.233 e. The first kappa shape index (κ1) is 21.0. The standard InChI is InChI=1S/C25H30N2O2S/c1-16(2)20-10-8-19(9-11-20)14-23(28)27(15-21-6-5-13-29-21)25-26-24-18(4)17(3)7-12-22(24)30-25/h7-12,16,21H,5-6,13-15H2,1-4H3. The molecule has 1 aliphatic heterocycles. The average Bonchev–Trinajstić information content (AvgIpc) is 3.39. The van der Waals surface area contributed by atoms with Crippen molar-refractivity contribution in [3.8, 4) is 0 Å². The van der Waals surface area contributed by atoms with Crippen molar-refractivity contribution < 1.29 is 9.53 Å². The topological polar surface area (TPSA) is 42.4 Å². The van der Waals surface area contributed by atoms with Crippen molar-refractivity contribution in [3.63, 3.8) is 0 Å². The van der Waals surface area contributed by atoms with E-state index in [1.807, 2.05) is 4.90 Å². The van der Waals surface area contributed by atoms with Crippen LogP contribution in [-0.4, -0.2) is 30.1 Å². The molecule has 0 N–H and O–H groups in total. The summed E-state index contributed by atoms with van der Waals surface area (Å²) in [7, 11) is 0. The molecule has 0 saturated carbocycles. The zero-order chi connectivity index (χ0) is 21.3. The Morgan fingerprint density at radius 2 is 1.97 bits per heavy atom. The van der Waals surface area contributed by atoms with Crippen LogP contribution in [0.2, 0.25) is 0 Å². The third-order valence-corrected chi connectivity index (χ3v) is 7.06. The molecule has 3 aromatic rings. The number of carbonyl (C=O) groups excluding carboxylic acids is 1. The van der Waals surface area contributed by atoms with Crippen molar-refractivity contribution in [1.29, 1.82) is 0 Å². The highest BCUT2D eigenvalue weighted by atomic mass is 32.1. The molecule has 1 atom stereocenters. The first-order valence-electron chi connectivity index (χ1n) is 10.8. The lowest BCUT2D eigenvalue weighted by Gasteiger charge is -2.23. The van der Waals surface area contributed by atoms with Gasteiger partial charge < -0.3 is 4.74 Å². The molecule has 4 nitrogen and oxygen atoms in total. The molecular formula is C25H30N2O2S. The van der Waals surface area contributed by atoms with E-state index in [1.54, 1.807) is 11.3 Å². The smallest absolute Gasteiger partial charge is 0.233 e. The summed E-state index contributed by atoms with van der Waals surface area (Å²) >= 11 is 1.60. The number of ether oxygens (including phenoxy) is 1. The van der Waals surface area contributed by atoms with Crippen molar-refractivity contribution in [3.05, 3.63) is 58.7 Å². The monoisotopic (exact) mass is 422 g/mol. The number of carbonyl (C=O) groups is 1. The van der Waals surface area contributed by atoms with Crippen LogP contribution in [0.15, 0.2) is 36.4 Å². The van der Waals surface area contributed by atoms with E-state index in [1.165, 1.54) is 16.7 Å². The lowest BCUT2D eigenvalue weighted by atomic mass is 10.0. The fourth-order valence-electron chi connectivity index (χ4n) is 3.90. The summed E-state index contributed by atoms with van der Waals surface area (Å²) in [6.07, 6.45) is 2.52. The van der Waals surface area contributed by atoms with Gasteiger partial charge in [-0.25, -0.2) is 4.98 Å². The Kier molecular flexibility index (Phi) is 6.21. The Hall–Kier alpha value is -2.24. The zero-order valence-corrected chi connectivity index (χ0v) is 19.1. The van der Waals surface area contributed by atoms with Gasteiger partial charge in [-0.1, -0.05) is 55.5 Å². The van der Waals surface area contributed by atoms with Gasteiger partial charge in [-0.2, -0.15) is 0 Å². The molecule has 158 valence electrons. The van der Waals surface area contributed by atoms with Crippen molar-refractivity contribution >= 4 is 32.6 Å². The van der Waals surface area contributed by atoms with Crippen LogP contribution < -0.4 is 4.90 Å². The van der Waals surface area contributed by atoms with E-state index >= 15 is 0 Å². The van der Waals surface area contributed by atoms with E-state index in [0.717, 1.165) is 40.4 Å². The van der Waals surface area contributed by atoms with Crippen LogP contribution >= 0.6 is 11.3 Å². The Balaban J connectivity index is 1.62. The summed E-state index contributed by atoms with van der Waals surface area (Å²) in [5, 5.41) is 0.776. The Labute approximate surface area is 182 Å². The van der Waals surface area contributed by atoms with Crippen molar-refractivity contribution in [2.75, 3.05) is 18.1 Å². The molecule has 0 radical (unpaired) electrons. The number of aryl methyl sites for hydroxylation is 2. The van der Waals surface area contributed by atoms with E-state index in [2.05, 4.69) is 64.1 Å². The zero-order valence-electron chi connectivity index (χ0n) is 18.3. The minimum Gasteiger partial charge on any atom is -0.376 e. The molecular weight excluding hydrogens is 392 g/mol. The van der Waals surface area contributed by atoms with Crippen molar-refractivity contribution in [2.45, 2.75) is 59.0 Å². The Morgan fingerprint density at radius 3 is 2.63 bits per heavy atom. The SMILES string of the molecule is Cc1ccc2sc(N(CC3CCCO3)C(=O)Cc3ccc(C(C)C)cc3)nc2c1C. The number of rotatable bonds is 6. The number of hydrogen-bond donors (Lipinski definition) is 0. The molecule has 1 fully saturated rings. The molecule has 0 bridgehead atoms. The minimum absolute atomic E-state index is 0.0798. The fourth-order valence-corrected chi connectivity index (χ4v) is 4.95. The van der Waals surface area contributed by atoms with Gasteiger partial charge in [-0.05, 0) is 60.9 Å². The van der Waals surface area contributed by atoms with Crippen molar-refractivity contribution in [2.24, 2.45) is 0 Å². The van der Waals surface area contributed by atoms with Gasteiger partial charge >= 0.3 is 0 Å². The second-order valence-electron chi connectivity index (χ2n) is 8.56. The molecule has 1 saturated heterocycles. The second-order valence-corrected chi connectivity index (χ2v) is 9.57. The summed E-state index contributed by atoms with van der Waals surface area (Å²) in [6.45, 7) is 9.91. The lowest BCUT2D eigenvalue weighted by Crippen LogP contribution is -2.38. The quantitative estimate of drug-likeness (QED) is 0.505. The number of amides is 1. The molecule has 5 heteroatoms. The number of hydrogen-bond acceptors (Lipinski definition) is 4. The molecule has 0 aliphatic carbocycles. The van der Waals surface area contributed by atoms with Crippen LogP contribution in [0.5, 0.6) is 0 Å². The van der Waals surface area contributed by atoms with Crippen LogP contribution in [0.1, 0.15) is 54.9 Å². The maximum atomic E-state index is 13.4. The normalized spacial score (nSPS) is 16.5. The van der Waals surface area contributed by atoms with Gasteiger partial charge in [0.2, 0.25) is 5.91 Å². The van der Waals surface area contributed by atoms with Gasteiger partial charge in [0.1, 0.15) is 0 Å². The average molecular weight is 423 g/mol. The summed E-state index contributed by atoms with van der Waals surface area (Å²) in [4.78, 5) is 20.1. The van der Waals surface area contributed by atoms with Gasteiger partial charge in [0.25, 0.3) is 0 Å². The summed E-state index contributed by atoms with van der Waals surface area (Å²) in [6, 6.07) is 12.6. The van der Waals surface area contributed by atoms with Gasteiger partial charge in [0.05, 0.1) is 29.3 Å². The van der Waals surface area contributed by atoms with Crippen LogP contribution in [0, 0.1) is 13.8 Å². The molecule has 2 aromatic carbocycles. The number of nitrogens with zero attached hydrogens (tertiary/aromatic N) is 2. The first-order valence-corrected chi connectivity index (χ1v) is 11.6. The largest absolute Gasteiger partial charge is 0.376 e. The molecule has 0 spiro atoms. The number of aromatic nitrogens is 1. The lowest BCUT2D eigenvalue weighted by molar-refractivity contribution is -0.118. The number of benzene rings is 2. The molecule has 1 unspecified atom stereocenters. The van der Waals surface area contributed by atoms with Crippen LogP contribution in [0.25, 0.3) is 10.2 Å². The van der Waals surface area contributed by atoms with Gasteiger partial charge in [-0.15, -0.1) is 0 Å². The third kappa shape index (κ3) is 4.42. The second kappa shape index (κ2) is 8.86. The highest BCUT2D eigenvalue weighted by molar-refractivity contribution is 7.22. The number of fused-ring (bicyclic) bond motifs is 1. The molecule has 30 heavy (non-hydrogen) atoms. The van der Waals surface area contributed by atoms with E-state index in [4.69, 9.17) is 9.72 Å². The summed E-state index contributed by atoms with van der Waals surface area (Å²) < 4.78 is 6.97. The molecule has 2 heterocycles. The third-order valence-electron chi connectivity index (χ3n) is 6.02. The highest BCUT2D eigenvalue weighted by Gasteiger charge is 2.26. The van der Waals surface area contributed by atoms with Crippen LogP contribution in [0.4, 0.5) is 5.13 Å².